The van der Waals surface area contributed by atoms with E-state index >= 15 is 0 Å². The fourth-order valence-corrected chi connectivity index (χ4v) is 10.0. The van der Waals surface area contributed by atoms with Crippen molar-refractivity contribution in [2.75, 3.05) is 88.5 Å². The van der Waals surface area contributed by atoms with E-state index in [9.17, 15) is 43.5 Å². The third-order valence-electron chi connectivity index (χ3n) is 14.1. The molecule has 0 aliphatic carbocycles. The van der Waals surface area contributed by atoms with Crippen molar-refractivity contribution in [3.63, 3.8) is 0 Å². The van der Waals surface area contributed by atoms with Gasteiger partial charge in [-0.15, -0.1) is 11.6 Å². The lowest BCUT2D eigenvalue weighted by Gasteiger charge is -2.28. The average molecular weight is 1140 g/mol. The molecule has 8 rings (SSSR count). The number of nitrogens with one attached hydrogen (secondary N) is 3. The van der Waals surface area contributed by atoms with Crippen LogP contribution in [-0.4, -0.2) is 167 Å². The number of aryl methyl sites for hydroxylation is 1. The Morgan fingerprint density at radius 3 is 2.21 bits per heavy atom. The highest BCUT2D eigenvalue weighted by Gasteiger charge is 2.37. The molecule has 82 heavy (non-hydrogen) atoms. The molecule has 0 spiro atoms. The Hall–Kier alpha value is -8.86. The van der Waals surface area contributed by atoms with E-state index < -0.39 is 53.8 Å². The Morgan fingerprint density at radius 1 is 0.817 bits per heavy atom. The van der Waals surface area contributed by atoms with Gasteiger partial charge in [0.25, 0.3) is 23.6 Å². The predicted octanol–water partition coefficient (Wildman–Crippen LogP) is 6.78. The number of phenols is 1. The van der Waals surface area contributed by atoms with Gasteiger partial charge in [-0.05, 0) is 104 Å². The smallest absolute Gasteiger partial charge is 0.415 e. The summed E-state index contributed by atoms with van der Waals surface area (Å²) in [7, 11) is 5.12. The van der Waals surface area contributed by atoms with Crippen molar-refractivity contribution in [1.82, 2.24) is 34.3 Å². The summed E-state index contributed by atoms with van der Waals surface area (Å²) in [6.45, 7) is 7.29. The van der Waals surface area contributed by atoms with Crippen molar-refractivity contribution >= 4 is 92.7 Å². The molecule has 2 aromatic heterocycles. The maximum atomic E-state index is 14.6. The topological polar surface area (TPSA) is 254 Å². The number of pyridine rings is 1. The normalized spacial score (nSPS) is 14.5. The molecule has 3 atom stereocenters. The number of alkyl halides is 1. The van der Waals surface area contributed by atoms with Crippen LogP contribution < -0.4 is 25.6 Å². The summed E-state index contributed by atoms with van der Waals surface area (Å²) in [5.74, 6) is -2.37. The van der Waals surface area contributed by atoms with Crippen LogP contribution in [0, 0.1) is 12.8 Å². The molecule has 0 bridgehead atoms. The number of aromatic hydroxyl groups is 1. The third-order valence-corrected chi connectivity index (χ3v) is 14.4. The van der Waals surface area contributed by atoms with Crippen molar-refractivity contribution in [3.05, 3.63) is 137 Å². The fraction of sp³-hybridized carbons (Fsp3) is 0.339. The molecule has 8 amide bonds. The predicted molar refractivity (Wildman–Crippen MR) is 307 cm³/mol. The number of phenolic OH excluding ortho intramolecular Hbond substituents is 1. The summed E-state index contributed by atoms with van der Waals surface area (Å²) in [6, 6.07) is 21.8. The van der Waals surface area contributed by atoms with Crippen molar-refractivity contribution < 1.29 is 57.7 Å². The first-order valence-corrected chi connectivity index (χ1v) is 27.1. The van der Waals surface area contributed by atoms with Crippen LogP contribution in [0.1, 0.15) is 64.2 Å². The van der Waals surface area contributed by atoms with Gasteiger partial charge in [0, 0.05) is 92.3 Å². The summed E-state index contributed by atoms with van der Waals surface area (Å²) in [4.78, 5) is 117. The van der Waals surface area contributed by atoms with Gasteiger partial charge in [-0.1, -0.05) is 44.2 Å². The number of halogens is 1. The lowest BCUT2D eigenvalue weighted by atomic mass is 9.92. The zero-order valence-corrected chi connectivity index (χ0v) is 47.3. The Kier molecular flexibility index (Phi) is 18.9. The van der Waals surface area contributed by atoms with Gasteiger partial charge < -0.3 is 54.4 Å². The number of nitrogens with zero attached hydrogens (tertiary/aromatic N) is 7. The van der Waals surface area contributed by atoms with Crippen molar-refractivity contribution in [2.24, 2.45) is 5.92 Å². The molecule has 2 aliphatic rings. The molecule has 0 unspecified atom stereocenters. The second kappa shape index (κ2) is 26.2. The number of likely N-dealkylation sites (N-methyl/N-ethyl adjacent to an activating group) is 2. The molecule has 23 heteroatoms. The molecule has 0 radical (unpaired) electrons. The molecular formula is C59H65ClN10O12. The number of carbonyl (C=O) groups excluding carboxylic acids is 8. The number of hydrogen-bond acceptors (Lipinski definition) is 14. The number of amides is 8. The number of imidazole rings is 1. The highest BCUT2D eigenvalue weighted by Crippen LogP contribution is 2.47. The van der Waals surface area contributed by atoms with Gasteiger partial charge in [0.2, 0.25) is 11.8 Å². The molecule has 4 heterocycles. The summed E-state index contributed by atoms with van der Waals surface area (Å²) < 4.78 is 19.3. The van der Waals surface area contributed by atoms with Crippen molar-refractivity contribution in [1.29, 1.82) is 0 Å². The number of ether oxygens (including phenoxy) is 3. The highest BCUT2D eigenvalue weighted by molar-refractivity contribution is 6.19. The lowest BCUT2D eigenvalue weighted by molar-refractivity contribution is -0.137. The van der Waals surface area contributed by atoms with Crippen molar-refractivity contribution in [3.8, 4) is 11.5 Å². The summed E-state index contributed by atoms with van der Waals surface area (Å²) >= 11 is 6.65. The minimum Gasteiger partial charge on any atom is -0.508 e. The zero-order valence-electron chi connectivity index (χ0n) is 46.5. The molecule has 2 aliphatic heterocycles. The monoisotopic (exact) mass is 1140 g/mol. The van der Waals surface area contributed by atoms with Gasteiger partial charge in [-0.2, -0.15) is 0 Å². The number of benzene rings is 4. The van der Waals surface area contributed by atoms with Gasteiger partial charge in [0.05, 0.1) is 37.2 Å². The van der Waals surface area contributed by atoms with Crippen LogP contribution in [0.3, 0.4) is 0 Å². The number of rotatable bonds is 22. The summed E-state index contributed by atoms with van der Waals surface area (Å²) in [5.41, 5.74) is 4.51. The number of aromatic nitrogens is 2. The molecule has 0 saturated heterocycles. The Bertz CT molecular complexity index is 3410. The number of fused-ring (bicyclic) bond motifs is 4. The second-order valence-electron chi connectivity index (χ2n) is 20.6. The van der Waals surface area contributed by atoms with Gasteiger partial charge in [-0.25, -0.2) is 14.6 Å². The molecule has 0 fully saturated rings. The van der Waals surface area contributed by atoms with E-state index in [-0.39, 0.29) is 93.4 Å². The van der Waals surface area contributed by atoms with Gasteiger partial charge >= 0.3 is 12.2 Å². The van der Waals surface area contributed by atoms with Gasteiger partial charge in [0.15, 0.2) is 0 Å². The Labute approximate surface area is 478 Å². The highest BCUT2D eigenvalue weighted by atomic mass is 35.5. The van der Waals surface area contributed by atoms with E-state index in [4.69, 9.17) is 25.8 Å². The van der Waals surface area contributed by atoms with Crippen LogP contribution in [0.5, 0.6) is 11.5 Å². The van der Waals surface area contributed by atoms with E-state index in [1.165, 1.54) is 53.3 Å². The van der Waals surface area contributed by atoms with Gasteiger partial charge in [0.1, 0.15) is 35.5 Å². The minimum atomic E-state index is -0.807. The molecule has 4 aromatic carbocycles. The third kappa shape index (κ3) is 13.8. The maximum absolute atomic E-state index is 14.6. The Balaban J connectivity index is 0.952. The number of carbonyl (C=O) groups is 8. The largest absolute Gasteiger partial charge is 0.508 e. The first kappa shape index (κ1) is 59.3. The number of hydrogen-bond donors (Lipinski definition) is 4. The second-order valence-corrected chi connectivity index (χ2v) is 20.9. The van der Waals surface area contributed by atoms with E-state index in [0.717, 1.165) is 21.4 Å². The number of anilines is 3. The van der Waals surface area contributed by atoms with Crippen LogP contribution >= 0.6 is 11.6 Å². The van der Waals surface area contributed by atoms with E-state index in [1.807, 2.05) is 53.1 Å². The van der Waals surface area contributed by atoms with Crippen molar-refractivity contribution in [2.45, 2.75) is 52.3 Å². The Morgan fingerprint density at radius 2 is 1.52 bits per heavy atom. The average Bonchev–Trinajstić information content (AvgIpc) is 4.35. The van der Waals surface area contributed by atoms with E-state index in [0.29, 0.717) is 39.2 Å². The summed E-state index contributed by atoms with van der Waals surface area (Å²) in [6.07, 6.45) is 4.04. The maximum Gasteiger partial charge on any atom is 0.415 e. The molecule has 430 valence electrons. The standard InChI is InChI=1S/C59H65ClN10O12/c1-35(2)53(65(5)6)56(76)61-37(4)54(74)62-41-15-11-38(12-16-41)34-81-58(78)66(7)23-24-67(25-27-80-28-26-69-49(72)21-22-50(69)73)59(79)82-47-29-46-52(51-36(3)9-8-10-44(47)51)40(30-60)31-70(46)57(77)45-33-68-32-42(17-20-48(68)64-45)63-55(75)39-13-18-43(71)19-14-39/h8-22,29,32-33,35,37,40,53,71H,23-28,30-31,34H2,1-7H3,(H,61,76)(H,62,74)(H,63,75)/t37-,40+,53-/m0/s1. The lowest BCUT2D eigenvalue weighted by Crippen LogP contribution is -2.51. The SMILES string of the molecule is Cc1cccc2c(OC(=O)N(CCOCCN3C(=O)C=CC3=O)CCN(C)C(=O)OCc3ccc(NC(=O)[C@H](C)NC(=O)[C@H](C(C)C)N(C)C)cc3)cc3c(c12)[C@H](CCl)CN3C(=O)c1cn2cc(NC(=O)c3ccc(O)cc3)ccc2n1. The van der Waals surface area contributed by atoms with Crippen LogP contribution in [0.25, 0.3) is 16.4 Å². The molecular weight excluding hydrogens is 1080 g/mol. The molecule has 22 nitrogen and oxygen atoms in total. The van der Waals surface area contributed by atoms with E-state index in [2.05, 4.69) is 20.9 Å². The van der Waals surface area contributed by atoms with Crippen LogP contribution in [0.4, 0.5) is 26.7 Å². The summed E-state index contributed by atoms with van der Waals surface area (Å²) in [5, 5.41) is 19.4. The van der Waals surface area contributed by atoms with E-state index in [1.54, 1.807) is 76.0 Å². The first-order chi connectivity index (χ1) is 39.2. The molecule has 4 N–H and O–H groups in total. The number of imide groups is 1. The van der Waals surface area contributed by atoms with Crippen LogP contribution in [-0.2, 0) is 35.3 Å². The first-order valence-electron chi connectivity index (χ1n) is 26.6. The fourth-order valence-electron chi connectivity index (χ4n) is 9.80. The quantitative estimate of drug-likeness (QED) is 0.0311. The van der Waals surface area contributed by atoms with Gasteiger partial charge in [-0.3, -0.25) is 38.6 Å². The minimum absolute atomic E-state index is 0.00854. The van der Waals surface area contributed by atoms with Crippen LogP contribution in [0.15, 0.2) is 109 Å². The van der Waals surface area contributed by atoms with Crippen LogP contribution in [0.2, 0.25) is 0 Å². The molecule has 0 saturated carbocycles. The zero-order chi connectivity index (χ0) is 58.9. The molecule has 6 aromatic rings.